The zero-order chi connectivity index (χ0) is 17.3. The van der Waals surface area contributed by atoms with Crippen molar-refractivity contribution in [2.45, 2.75) is 52.6 Å². The Labute approximate surface area is 139 Å². The summed E-state index contributed by atoms with van der Waals surface area (Å²) in [6.45, 7) is 11.4. The van der Waals surface area contributed by atoms with Gasteiger partial charge in [-0.3, -0.25) is 9.59 Å². The SMILES string of the molecule is CCOC(=O)C1CCN(CCOCCC(=O)OC(C)(C)C)CC1. The molecule has 6 heteroatoms. The number of rotatable bonds is 8. The normalized spacial score (nSPS) is 17.0. The van der Waals surface area contributed by atoms with Crippen LogP contribution in [0.15, 0.2) is 0 Å². The Hall–Kier alpha value is -1.14. The molecule has 0 aromatic heterocycles. The van der Waals surface area contributed by atoms with Crippen molar-refractivity contribution in [1.29, 1.82) is 0 Å². The highest BCUT2D eigenvalue weighted by Gasteiger charge is 2.25. The van der Waals surface area contributed by atoms with Gasteiger partial charge in [-0.2, -0.15) is 0 Å². The van der Waals surface area contributed by atoms with Gasteiger partial charge >= 0.3 is 11.9 Å². The Bertz CT molecular complexity index is 370. The van der Waals surface area contributed by atoms with E-state index in [1.54, 1.807) is 0 Å². The second kappa shape index (κ2) is 9.88. The van der Waals surface area contributed by atoms with Crippen molar-refractivity contribution in [2.75, 3.05) is 39.5 Å². The first-order chi connectivity index (χ1) is 10.8. The maximum Gasteiger partial charge on any atom is 0.309 e. The lowest BCUT2D eigenvalue weighted by atomic mass is 9.97. The topological polar surface area (TPSA) is 65.1 Å². The molecule has 1 rings (SSSR count). The molecule has 0 amide bonds. The van der Waals surface area contributed by atoms with E-state index in [1.165, 1.54) is 0 Å². The first kappa shape index (κ1) is 19.9. The molecule has 0 bridgehead atoms. The van der Waals surface area contributed by atoms with Crippen molar-refractivity contribution in [3.8, 4) is 0 Å². The minimum Gasteiger partial charge on any atom is -0.466 e. The van der Waals surface area contributed by atoms with Crippen molar-refractivity contribution in [3.05, 3.63) is 0 Å². The van der Waals surface area contributed by atoms with Gasteiger partial charge in [-0.1, -0.05) is 0 Å². The molecule has 0 aliphatic carbocycles. The van der Waals surface area contributed by atoms with Gasteiger partial charge in [0, 0.05) is 6.54 Å². The van der Waals surface area contributed by atoms with E-state index in [0.29, 0.717) is 19.8 Å². The molecule has 1 heterocycles. The summed E-state index contributed by atoms with van der Waals surface area (Å²) in [7, 11) is 0. The summed E-state index contributed by atoms with van der Waals surface area (Å²) in [6, 6.07) is 0. The van der Waals surface area contributed by atoms with E-state index in [4.69, 9.17) is 14.2 Å². The van der Waals surface area contributed by atoms with E-state index in [9.17, 15) is 9.59 Å². The molecule has 0 unspecified atom stereocenters. The van der Waals surface area contributed by atoms with Crippen LogP contribution in [0.25, 0.3) is 0 Å². The van der Waals surface area contributed by atoms with Crippen LogP contribution in [0, 0.1) is 5.92 Å². The van der Waals surface area contributed by atoms with Gasteiger partial charge in [-0.25, -0.2) is 0 Å². The molecule has 1 saturated heterocycles. The molecule has 0 saturated carbocycles. The maximum atomic E-state index is 11.7. The second-order valence-corrected chi connectivity index (χ2v) is 6.82. The lowest BCUT2D eigenvalue weighted by Gasteiger charge is -2.30. The maximum absolute atomic E-state index is 11.7. The average Bonchev–Trinajstić information content (AvgIpc) is 2.46. The van der Waals surface area contributed by atoms with E-state index >= 15 is 0 Å². The molecule has 1 fully saturated rings. The first-order valence-electron chi connectivity index (χ1n) is 8.50. The number of carbonyl (C=O) groups excluding carboxylic acids is 2. The second-order valence-electron chi connectivity index (χ2n) is 6.82. The quantitative estimate of drug-likeness (QED) is 0.501. The van der Waals surface area contributed by atoms with Crippen molar-refractivity contribution in [3.63, 3.8) is 0 Å². The number of ether oxygens (including phenoxy) is 3. The number of nitrogens with zero attached hydrogens (tertiary/aromatic N) is 1. The summed E-state index contributed by atoms with van der Waals surface area (Å²) in [5, 5.41) is 0. The van der Waals surface area contributed by atoms with Crippen molar-refractivity contribution in [1.82, 2.24) is 4.90 Å². The molecule has 0 atom stereocenters. The third kappa shape index (κ3) is 8.91. The van der Waals surface area contributed by atoms with Crippen LogP contribution in [-0.2, 0) is 23.8 Å². The lowest BCUT2D eigenvalue weighted by Crippen LogP contribution is -2.38. The highest BCUT2D eigenvalue weighted by molar-refractivity contribution is 5.72. The molecule has 1 aliphatic heterocycles. The van der Waals surface area contributed by atoms with Crippen LogP contribution in [-0.4, -0.2) is 61.9 Å². The molecule has 0 aromatic carbocycles. The largest absolute Gasteiger partial charge is 0.466 e. The molecular formula is C17H31NO5. The van der Waals surface area contributed by atoms with E-state index in [2.05, 4.69) is 4.90 Å². The molecule has 0 aromatic rings. The Morgan fingerprint density at radius 1 is 1.13 bits per heavy atom. The van der Waals surface area contributed by atoms with Gasteiger partial charge in [0.2, 0.25) is 0 Å². The predicted octanol–water partition coefficient (Wildman–Crippen LogP) is 2.01. The van der Waals surface area contributed by atoms with Gasteiger partial charge in [-0.15, -0.1) is 0 Å². The molecule has 0 spiro atoms. The minimum atomic E-state index is -0.444. The predicted molar refractivity (Wildman–Crippen MR) is 87.1 cm³/mol. The fourth-order valence-electron chi connectivity index (χ4n) is 2.50. The highest BCUT2D eigenvalue weighted by atomic mass is 16.6. The summed E-state index contributed by atoms with van der Waals surface area (Å²) >= 11 is 0. The van der Waals surface area contributed by atoms with E-state index in [1.807, 2.05) is 27.7 Å². The number of hydrogen-bond donors (Lipinski definition) is 0. The first-order valence-corrected chi connectivity index (χ1v) is 8.50. The monoisotopic (exact) mass is 329 g/mol. The summed E-state index contributed by atoms with van der Waals surface area (Å²) < 4.78 is 15.8. The fraction of sp³-hybridized carbons (Fsp3) is 0.882. The summed E-state index contributed by atoms with van der Waals surface area (Å²) in [5.41, 5.74) is -0.444. The number of piperidine rings is 1. The summed E-state index contributed by atoms with van der Waals surface area (Å²) in [6.07, 6.45) is 1.97. The number of carbonyl (C=O) groups is 2. The molecule has 0 radical (unpaired) electrons. The Morgan fingerprint density at radius 2 is 1.78 bits per heavy atom. The smallest absolute Gasteiger partial charge is 0.309 e. The molecule has 6 nitrogen and oxygen atoms in total. The molecule has 0 N–H and O–H groups in total. The Balaban J connectivity index is 2.05. The summed E-state index contributed by atoms with van der Waals surface area (Å²) in [4.78, 5) is 25.5. The fourth-order valence-corrected chi connectivity index (χ4v) is 2.50. The van der Waals surface area contributed by atoms with Crippen LogP contribution in [0.3, 0.4) is 0 Å². The average molecular weight is 329 g/mol. The Kier molecular flexibility index (Phi) is 8.55. The van der Waals surface area contributed by atoms with Gasteiger partial charge in [0.15, 0.2) is 0 Å². The molecule has 1 aliphatic rings. The third-order valence-corrected chi connectivity index (χ3v) is 3.63. The van der Waals surface area contributed by atoms with Crippen LogP contribution in [0.4, 0.5) is 0 Å². The van der Waals surface area contributed by atoms with Gasteiger partial charge in [0.25, 0.3) is 0 Å². The van der Waals surface area contributed by atoms with Gasteiger partial charge in [-0.05, 0) is 53.6 Å². The number of esters is 2. The number of hydrogen-bond acceptors (Lipinski definition) is 6. The Morgan fingerprint density at radius 3 is 2.35 bits per heavy atom. The van der Waals surface area contributed by atoms with Gasteiger partial charge < -0.3 is 19.1 Å². The molecular weight excluding hydrogens is 298 g/mol. The number of likely N-dealkylation sites (tertiary alicyclic amines) is 1. The molecule has 134 valence electrons. The zero-order valence-electron chi connectivity index (χ0n) is 14.9. The standard InChI is InChI=1S/C17H31NO5/c1-5-22-16(20)14-6-9-18(10-7-14)11-13-21-12-8-15(19)23-17(2,3)4/h14H,5-13H2,1-4H3. The van der Waals surface area contributed by atoms with Crippen molar-refractivity contribution >= 4 is 11.9 Å². The van der Waals surface area contributed by atoms with E-state index < -0.39 is 5.60 Å². The zero-order valence-corrected chi connectivity index (χ0v) is 14.9. The third-order valence-electron chi connectivity index (χ3n) is 3.63. The van der Waals surface area contributed by atoms with Crippen molar-refractivity contribution < 1.29 is 23.8 Å². The minimum absolute atomic E-state index is 0.0410. The van der Waals surface area contributed by atoms with Crippen LogP contribution in [0.2, 0.25) is 0 Å². The van der Waals surface area contributed by atoms with E-state index in [0.717, 1.165) is 32.5 Å². The van der Waals surface area contributed by atoms with Crippen LogP contribution in [0.5, 0.6) is 0 Å². The van der Waals surface area contributed by atoms with Crippen LogP contribution >= 0.6 is 0 Å². The summed E-state index contributed by atoms with van der Waals surface area (Å²) in [5.74, 6) is -0.257. The lowest BCUT2D eigenvalue weighted by molar-refractivity contribution is -0.156. The van der Waals surface area contributed by atoms with Gasteiger partial charge in [0.05, 0.1) is 32.2 Å². The van der Waals surface area contributed by atoms with Gasteiger partial charge in [0.1, 0.15) is 5.60 Å². The van der Waals surface area contributed by atoms with E-state index in [-0.39, 0.29) is 24.3 Å². The molecule has 23 heavy (non-hydrogen) atoms. The van der Waals surface area contributed by atoms with Crippen molar-refractivity contribution in [2.24, 2.45) is 5.92 Å². The van der Waals surface area contributed by atoms with Crippen LogP contribution in [0.1, 0.15) is 47.0 Å². The highest BCUT2D eigenvalue weighted by Crippen LogP contribution is 2.18. The van der Waals surface area contributed by atoms with Crippen LogP contribution < -0.4 is 0 Å².